The maximum absolute atomic E-state index is 12.8. The van der Waals surface area contributed by atoms with E-state index in [1.165, 1.54) is 5.56 Å². The van der Waals surface area contributed by atoms with Gasteiger partial charge in [-0.05, 0) is 65.4 Å². The van der Waals surface area contributed by atoms with Gasteiger partial charge in [0.2, 0.25) is 0 Å². The van der Waals surface area contributed by atoms with Crippen molar-refractivity contribution in [2.45, 2.75) is 37.4 Å². The number of hydrogen-bond acceptors (Lipinski definition) is 5. The molecule has 3 aliphatic rings. The number of rotatable bonds is 5. The lowest BCUT2D eigenvalue weighted by Crippen LogP contribution is -2.38. The molecule has 5 rings (SSSR count). The highest BCUT2D eigenvalue weighted by molar-refractivity contribution is 7.08. The molecule has 1 aliphatic carbocycles. The molecular weight excluding hydrogens is 398 g/mol. The quantitative estimate of drug-likeness (QED) is 0.695. The summed E-state index contributed by atoms with van der Waals surface area (Å²) in [7, 11) is 0. The van der Waals surface area contributed by atoms with Gasteiger partial charge in [0.15, 0.2) is 0 Å². The van der Waals surface area contributed by atoms with Crippen LogP contribution in [0.2, 0.25) is 0 Å². The minimum Gasteiger partial charge on any atom is -0.445 e. The summed E-state index contributed by atoms with van der Waals surface area (Å²) < 4.78 is 5.37. The Kier molecular flexibility index (Phi) is 4.98. The fourth-order valence-corrected chi connectivity index (χ4v) is 5.31. The van der Waals surface area contributed by atoms with Gasteiger partial charge in [-0.1, -0.05) is 12.7 Å². The number of carbonyl (C=O) groups is 2. The van der Waals surface area contributed by atoms with Crippen LogP contribution in [0.1, 0.15) is 52.8 Å². The maximum Gasteiger partial charge on any atom is 0.410 e. The van der Waals surface area contributed by atoms with Gasteiger partial charge in [-0.25, -0.2) is 4.79 Å². The summed E-state index contributed by atoms with van der Waals surface area (Å²) in [6, 6.07) is 8.22. The van der Waals surface area contributed by atoms with Crippen LogP contribution in [0, 0.1) is 5.92 Å². The van der Waals surface area contributed by atoms with Crippen molar-refractivity contribution in [2.75, 3.05) is 18.5 Å². The van der Waals surface area contributed by atoms with Crippen molar-refractivity contribution in [2.24, 2.45) is 5.92 Å². The third-order valence-electron chi connectivity index (χ3n) is 6.19. The molecular formula is C23H25N3O3S. The van der Waals surface area contributed by atoms with Gasteiger partial charge in [-0.15, -0.1) is 0 Å². The van der Waals surface area contributed by atoms with Gasteiger partial charge in [-0.2, -0.15) is 11.3 Å². The Morgan fingerprint density at radius 2 is 2.17 bits per heavy atom. The van der Waals surface area contributed by atoms with Crippen molar-refractivity contribution < 1.29 is 14.3 Å². The van der Waals surface area contributed by atoms with Crippen LogP contribution in [0.5, 0.6) is 0 Å². The average molecular weight is 424 g/mol. The second-order valence-electron chi connectivity index (χ2n) is 8.18. The van der Waals surface area contributed by atoms with Gasteiger partial charge in [0, 0.05) is 29.8 Å². The van der Waals surface area contributed by atoms with E-state index in [9.17, 15) is 9.59 Å². The Balaban J connectivity index is 1.51. The number of anilines is 1. The van der Waals surface area contributed by atoms with E-state index in [-0.39, 0.29) is 36.6 Å². The Labute approximate surface area is 179 Å². The number of fused-ring (bicyclic) bond motifs is 3. The van der Waals surface area contributed by atoms with Gasteiger partial charge < -0.3 is 20.3 Å². The number of likely N-dealkylation sites (tertiary alicyclic amines) is 1. The molecule has 3 heterocycles. The van der Waals surface area contributed by atoms with Crippen molar-refractivity contribution in [1.29, 1.82) is 0 Å². The molecule has 1 unspecified atom stereocenters. The maximum atomic E-state index is 12.8. The van der Waals surface area contributed by atoms with Crippen molar-refractivity contribution in [3.05, 3.63) is 64.4 Å². The van der Waals surface area contributed by atoms with E-state index in [0.29, 0.717) is 18.2 Å². The summed E-state index contributed by atoms with van der Waals surface area (Å²) in [6.07, 6.45) is 4.23. The first-order valence-electron chi connectivity index (χ1n) is 10.4. The molecule has 2 fully saturated rings. The van der Waals surface area contributed by atoms with Gasteiger partial charge in [0.1, 0.15) is 6.61 Å². The smallest absolute Gasteiger partial charge is 0.410 e. The summed E-state index contributed by atoms with van der Waals surface area (Å²) in [5.41, 5.74) is 3.83. The van der Waals surface area contributed by atoms with Crippen molar-refractivity contribution in [3.63, 3.8) is 0 Å². The standard InChI is InChI=1S/C23H25N3O3S/c1-2-10-29-23(28)26-9-7-17-20(15-8-11-30-13-15)25-19-6-3-14(12-18(19)21(17)26)22(27)24-16-4-5-16/h2-3,6,8,11-13,16-17,20-21,25H,1,4-5,7,9-10H2,(H,24,27)/t17-,20?,21-/m0/s1. The Morgan fingerprint density at radius 1 is 1.30 bits per heavy atom. The first-order valence-corrected chi connectivity index (χ1v) is 11.4. The van der Waals surface area contributed by atoms with Gasteiger partial charge >= 0.3 is 6.09 Å². The molecule has 156 valence electrons. The summed E-state index contributed by atoms with van der Waals surface area (Å²) in [4.78, 5) is 27.2. The van der Waals surface area contributed by atoms with E-state index in [0.717, 1.165) is 30.5 Å². The van der Waals surface area contributed by atoms with Gasteiger partial charge in [-0.3, -0.25) is 4.79 Å². The molecule has 2 amide bonds. The third kappa shape index (κ3) is 3.47. The number of carbonyl (C=O) groups excluding carboxylic acids is 2. The second kappa shape index (κ2) is 7.80. The topological polar surface area (TPSA) is 70.7 Å². The zero-order chi connectivity index (χ0) is 20.7. The lowest BCUT2D eigenvalue weighted by atomic mass is 9.80. The molecule has 30 heavy (non-hydrogen) atoms. The monoisotopic (exact) mass is 423 g/mol. The van der Waals surface area contributed by atoms with E-state index < -0.39 is 0 Å². The van der Waals surface area contributed by atoms with Crippen molar-refractivity contribution in [3.8, 4) is 0 Å². The molecule has 6 nitrogen and oxygen atoms in total. The number of benzene rings is 1. The number of nitrogens with one attached hydrogen (secondary N) is 2. The summed E-state index contributed by atoms with van der Waals surface area (Å²) in [5.74, 6) is 0.167. The summed E-state index contributed by atoms with van der Waals surface area (Å²) >= 11 is 1.68. The van der Waals surface area contributed by atoms with E-state index >= 15 is 0 Å². The summed E-state index contributed by atoms with van der Waals surface area (Å²) in [6.45, 7) is 4.45. The molecule has 2 aromatic rings. The van der Waals surface area contributed by atoms with Crippen LogP contribution in [0.4, 0.5) is 10.5 Å². The molecule has 1 aromatic heterocycles. The predicted octanol–water partition coefficient (Wildman–Crippen LogP) is 4.49. The highest BCUT2D eigenvalue weighted by atomic mass is 32.1. The van der Waals surface area contributed by atoms with Crippen LogP contribution >= 0.6 is 11.3 Å². The van der Waals surface area contributed by atoms with Crippen LogP contribution < -0.4 is 10.6 Å². The van der Waals surface area contributed by atoms with Crippen LogP contribution in [-0.2, 0) is 4.74 Å². The third-order valence-corrected chi connectivity index (χ3v) is 6.89. The average Bonchev–Trinajstić information content (AvgIpc) is 3.23. The highest BCUT2D eigenvalue weighted by Crippen LogP contribution is 2.51. The predicted molar refractivity (Wildman–Crippen MR) is 117 cm³/mol. The zero-order valence-corrected chi connectivity index (χ0v) is 17.5. The first-order chi connectivity index (χ1) is 14.7. The van der Waals surface area contributed by atoms with E-state index in [1.54, 1.807) is 17.4 Å². The molecule has 1 saturated heterocycles. The van der Waals surface area contributed by atoms with Crippen LogP contribution in [0.15, 0.2) is 47.7 Å². The Hall–Kier alpha value is -2.80. The Bertz CT molecular complexity index is 970. The van der Waals surface area contributed by atoms with Gasteiger partial charge in [0.25, 0.3) is 5.91 Å². The van der Waals surface area contributed by atoms with Crippen LogP contribution in [0.25, 0.3) is 0 Å². The molecule has 2 N–H and O–H groups in total. The SMILES string of the molecule is C=CCOC(=O)N1CC[C@H]2C(c3ccsc3)Nc3ccc(C(=O)NC4CC4)cc3[C@H]21. The van der Waals surface area contributed by atoms with E-state index in [4.69, 9.17) is 4.74 Å². The minimum absolute atomic E-state index is 0.0458. The molecule has 3 atom stereocenters. The molecule has 0 spiro atoms. The van der Waals surface area contributed by atoms with Crippen LogP contribution in [0.3, 0.4) is 0 Å². The fraction of sp³-hybridized carbons (Fsp3) is 0.391. The van der Waals surface area contributed by atoms with Crippen molar-refractivity contribution in [1.82, 2.24) is 10.2 Å². The molecule has 1 aromatic carbocycles. The normalized spacial score (nSPS) is 24.4. The van der Waals surface area contributed by atoms with E-state index in [1.807, 2.05) is 23.1 Å². The highest BCUT2D eigenvalue weighted by Gasteiger charge is 2.47. The number of nitrogens with zero attached hydrogens (tertiary/aromatic N) is 1. The lowest BCUT2D eigenvalue weighted by molar-refractivity contribution is 0.0950. The molecule has 0 radical (unpaired) electrons. The molecule has 7 heteroatoms. The first kappa shape index (κ1) is 19.2. The Morgan fingerprint density at radius 3 is 2.90 bits per heavy atom. The molecule has 1 saturated carbocycles. The van der Waals surface area contributed by atoms with Gasteiger partial charge in [0.05, 0.1) is 12.1 Å². The number of thiophene rings is 1. The lowest BCUT2D eigenvalue weighted by Gasteiger charge is -2.39. The van der Waals surface area contributed by atoms with E-state index in [2.05, 4.69) is 34.0 Å². The second-order valence-corrected chi connectivity index (χ2v) is 8.96. The number of ether oxygens (including phenoxy) is 1. The molecule has 2 aliphatic heterocycles. The summed E-state index contributed by atoms with van der Waals surface area (Å²) in [5, 5.41) is 11.0. The number of hydrogen-bond donors (Lipinski definition) is 2. The van der Waals surface area contributed by atoms with Crippen molar-refractivity contribution >= 4 is 29.0 Å². The zero-order valence-electron chi connectivity index (χ0n) is 16.7. The fourth-order valence-electron chi connectivity index (χ4n) is 4.62. The van der Waals surface area contributed by atoms with Crippen LogP contribution in [-0.4, -0.2) is 36.1 Å². The molecule has 0 bridgehead atoms. The minimum atomic E-state index is -0.327. The number of amides is 2. The largest absolute Gasteiger partial charge is 0.445 e.